The fourth-order valence-corrected chi connectivity index (χ4v) is 1.88. The van der Waals surface area contributed by atoms with Crippen molar-refractivity contribution >= 4 is 16.8 Å². The van der Waals surface area contributed by atoms with Crippen molar-refractivity contribution in [2.45, 2.75) is 13.1 Å². The van der Waals surface area contributed by atoms with E-state index in [2.05, 4.69) is 15.0 Å². The largest absolute Gasteiger partial charge is 0.411 e. The lowest BCUT2D eigenvalue weighted by molar-refractivity contribution is -0.173. The third-order valence-corrected chi connectivity index (χ3v) is 2.82. The number of ether oxygens (including phenoxy) is 1. The van der Waals surface area contributed by atoms with Gasteiger partial charge in [0.05, 0.1) is 6.61 Å². The molecule has 0 bridgehead atoms. The molecule has 0 aliphatic heterocycles. The number of carbonyl (C=O) groups is 1. The Morgan fingerprint density at radius 3 is 2.81 bits per heavy atom. The minimum absolute atomic E-state index is 0.0172. The van der Waals surface area contributed by atoms with Gasteiger partial charge in [-0.25, -0.2) is 0 Å². The zero-order valence-electron chi connectivity index (χ0n) is 11.4. The molecule has 4 nitrogen and oxygen atoms in total. The maximum atomic E-state index is 11.8. The zero-order valence-corrected chi connectivity index (χ0v) is 11.4. The first-order valence-corrected chi connectivity index (χ1v) is 6.37. The first-order chi connectivity index (χ1) is 9.85. The van der Waals surface area contributed by atoms with E-state index in [1.807, 2.05) is 25.1 Å². The normalized spacial score (nSPS) is 11.8. The summed E-state index contributed by atoms with van der Waals surface area (Å²) in [5.41, 5.74) is 2.27. The second kappa shape index (κ2) is 6.17. The Morgan fingerprint density at radius 2 is 2.10 bits per heavy atom. The van der Waals surface area contributed by atoms with Gasteiger partial charge in [-0.05, 0) is 24.6 Å². The lowest BCUT2D eigenvalue weighted by atomic mass is 10.2. The molecule has 0 aliphatic carbocycles. The number of rotatable bonds is 5. The van der Waals surface area contributed by atoms with Crippen LogP contribution in [0.4, 0.5) is 13.2 Å². The van der Waals surface area contributed by atoms with E-state index in [0.717, 1.165) is 16.5 Å². The maximum absolute atomic E-state index is 11.8. The summed E-state index contributed by atoms with van der Waals surface area (Å²) in [7, 11) is 0. The Bertz CT molecular complexity index is 635. The van der Waals surface area contributed by atoms with Gasteiger partial charge in [0.25, 0.3) is 5.91 Å². The van der Waals surface area contributed by atoms with Crippen molar-refractivity contribution in [2.24, 2.45) is 0 Å². The number of aryl methyl sites for hydroxylation is 1. The Morgan fingerprint density at radius 1 is 1.33 bits per heavy atom. The molecule has 2 N–H and O–H groups in total. The minimum atomic E-state index is -4.35. The number of aromatic amines is 1. The molecule has 1 amide bonds. The summed E-state index contributed by atoms with van der Waals surface area (Å²) in [5, 5.41) is 3.40. The summed E-state index contributed by atoms with van der Waals surface area (Å²) in [5.74, 6) is -0.375. The topological polar surface area (TPSA) is 54.1 Å². The van der Waals surface area contributed by atoms with Gasteiger partial charge in [-0.3, -0.25) is 4.79 Å². The smallest absolute Gasteiger partial charge is 0.370 e. The number of halogens is 3. The van der Waals surface area contributed by atoms with Gasteiger partial charge in [-0.2, -0.15) is 13.2 Å². The number of carbonyl (C=O) groups excluding carboxylic acids is 1. The fraction of sp³-hybridized carbons (Fsp3) is 0.357. The summed E-state index contributed by atoms with van der Waals surface area (Å²) >= 11 is 0. The lowest BCUT2D eigenvalue weighted by Crippen LogP contribution is -2.29. The molecule has 1 aromatic heterocycles. The molecule has 0 saturated carbocycles. The number of benzene rings is 1. The highest BCUT2D eigenvalue weighted by Gasteiger charge is 2.27. The lowest BCUT2D eigenvalue weighted by Gasteiger charge is -2.07. The highest BCUT2D eigenvalue weighted by molar-refractivity contribution is 5.98. The molecule has 0 atom stereocenters. The van der Waals surface area contributed by atoms with Crippen LogP contribution >= 0.6 is 0 Å². The Hall–Kier alpha value is -2.02. The van der Waals surface area contributed by atoms with E-state index in [1.54, 1.807) is 6.07 Å². The molecular weight excluding hydrogens is 285 g/mol. The Kier molecular flexibility index (Phi) is 4.52. The van der Waals surface area contributed by atoms with Crippen LogP contribution in [0.2, 0.25) is 0 Å². The Labute approximate surface area is 119 Å². The number of amides is 1. The van der Waals surface area contributed by atoms with Gasteiger partial charge < -0.3 is 15.0 Å². The van der Waals surface area contributed by atoms with Crippen LogP contribution in [0.5, 0.6) is 0 Å². The maximum Gasteiger partial charge on any atom is 0.411 e. The van der Waals surface area contributed by atoms with Crippen LogP contribution in [0, 0.1) is 6.92 Å². The van der Waals surface area contributed by atoms with Crippen LogP contribution in [-0.4, -0.2) is 36.8 Å². The third kappa shape index (κ3) is 4.49. The van der Waals surface area contributed by atoms with Gasteiger partial charge in [0.1, 0.15) is 12.3 Å². The number of alkyl halides is 3. The molecule has 7 heteroatoms. The van der Waals surface area contributed by atoms with Gasteiger partial charge in [-0.1, -0.05) is 12.1 Å². The number of fused-ring (bicyclic) bond motifs is 1. The average molecular weight is 300 g/mol. The minimum Gasteiger partial charge on any atom is -0.370 e. The molecule has 0 unspecified atom stereocenters. The van der Waals surface area contributed by atoms with Crippen molar-refractivity contribution in [2.75, 3.05) is 19.8 Å². The van der Waals surface area contributed by atoms with E-state index in [1.165, 1.54) is 0 Å². The molecular formula is C14H15F3N2O2. The van der Waals surface area contributed by atoms with E-state index >= 15 is 0 Å². The van der Waals surface area contributed by atoms with Gasteiger partial charge >= 0.3 is 6.18 Å². The standard InChI is InChI=1S/C14H15F3N2O2/c1-9-2-3-10-7-12(19-11(10)6-9)13(20)18-4-5-21-8-14(15,16)17/h2-3,6-7,19H,4-5,8H2,1H3,(H,18,20). The van der Waals surface area contributed by atoms with E-state index in [-0.39, 0.29) is 19.1 Å². The number of hydrogen-bond donors (Lipinski definition) is 2. The highest BCUT2D eigenvalue weighted by atomic mass is 19.4. The predicted molar refractivity (Wildman–Crippen MR) is 72.2 cm³/mol. The van der Waals surface area contributed by atoms with Crippen LogP contribution < -0.4 is 5.32 Å². The van der Waals surface area contributed by atoms with Crippen LogP contribution in [0.25, 0.3) is 10.9 Å². The van der Waals surface area contributed by atoms with Gasteiger partial charge in [0.15, 0.2) is 0 Å². The van der Waals surface area contributed by atoms with Gasteiger partial charge in [-0.15, -0.1) is 0 Å². The number of aromatic nitrogens is 1. The highest BCUT2D eigenvalue weighted by Crippen LogP contribution is 2.17. The van der Waals surface area contributed by atoms with Crippen molar-refractivity contribution in [3.05, 3.63) is 35.5 Å². The molecule has 0 radical (unpaired) electrons. The molecule has 114 valence electrons. The summed E-state index contributed by atoms with van der Waals surface area (Å²) in [4.78, 5) is 14.8. The van der Waals surface area contributed by atoms with Gasteiger partial charge in [0.2, 0.25) is 0 Å². The van der Waals surface area contributed by atoms with E-state index in [0.29, 0.717) is 5.69 Å². The van der Waals surface area contributed by atoms with Crippen LogP contribution in [0.3, 0.4) is 0 Å². The van der Waals surface area contributed by atoms with Crippen molar-refractivity contribution in [1.29, 1.82) is 0 Å². The quantitative estimate of drug-likeness (QED) is 0.834. The summed E-state index contributed by atoms with van der Waals surface area (Å²) < 4.78 is 39.9. The molecule has 1 aromatic carbocycles. The molecule has 0 aliphatic rings. The van der Waals surface area contributed by atoms with E-state index in [9.17, 15) is 18.0 Å². The van der Waals surface area contributed by atoms with E-state index in [4.69, 9.17) is 0 Å². The first kappa shape index (κ1) is 15.4. The van der Waals surface area contributed by atoms with Crippen LogP contribution in [-0.2, 0) is 4.74 Å². The second-order valence-electron chi connectivity index (χ2n) is 4.70. The second-order valence-corrected chi connectivity index (χ2v) is 4.70. The summed E-state index contributed by atoms with van der Waals surface area (Å²) in [6, 6.07) is 7.44. The summed E-state index contributed by atoms with van der Waals surface area (Å²) in [6.07, 6.45) is -4.35. The SMILES string of the molecule is Cc1ccc2cc(C(=O)NCCOCC(F)(F)F)[nH]c2c1. The molecule has 0 fully saturated rings. The van der Waals surface area contributed by atoms with Crippen molar-refractivity contribution in [3.63, 3.8) is 0 Å². The molecule has 1 heterocycles. The number of nitrogens with one attached hydrogen (secondary N) is 2. The third-order valence-electron chi connectivity index (χ3n) is 2.82. The van der Waals surface area contributed by atoms with Crippen LogP contribution in [0.15, 0.2) is 24.3 Å². The predicted octanol–water partition coefficient (Wildman–Crippen LogP) is 2.79. The number of H-pyrrole nitrogens is 1. The molecule has 0 saturated heterocycles. The number of hydrogen-bond acceptors (Lipinski definition) is 2. The van der Waals surface area contributed by atoms with Crippen molar-refractivity contribution in [1.82, 2.24) is 10.3 Å². The zero-order chi connectivity index (χ0) is 15.5. The average Bonchev–Trinajstić information content (AvgIpc) is 2.79. The fourth-order valence-electron chi connectivity index (χ4n) is 1.88. The van der Waals surface area contributed by atoms with Crippen LogP contribution in [0.1, 0.15) is 16.1 Å². The monoisotopic (exact) mass is 300 g/mol. The van der Waals surface area contributed by atoms with Gasteiger partial charge in [0, 0.05) is 17.4 Å². The van der Waals surface area contributed by atoms with E-state index < -0.39 is 12.8 Å². The molecule has 21 heavy (non-hydrogen) atoms. The van der Waals surface area contributed by atoms with Crippen molar-refractivity contribution in [3.8, 4) is 0 Å². The molecule has 2 rings (SSSR count). The molecule has 2 aromatic rings. The van der Waals surface area contributed by atoms with Crippen molar-refractivity contribution < 1.29 is 22.7 Å². The molecule has 0 spiro atoms. The Balaban J connectivity index is 1.85. The first-order valence-electron chi connectivity index (χ1n) is 6.37. The summed E-state index contributed by atoms with van der Waals surface area (Å²) in [6.45, 7) is 0.459.